The average Bonchev–Trinajstić information content (AvgIpc) is 2.77. The lowest BCUT2D eigenvalue weighted by molar-refractivity contribution is -0.143. The van der Waals surface area contributed by atoms with E-state index in [1.807, 2.05) is 30.3 Å². The number of carbonyl (C=O) groups is 4. The Labute approximate surface area is 198 Å². The summed E-state index contributed by atoms with van der Waals surface area (Å²) in [6.45, 7) is 5.19. The Morgan fingerprint density at radius 3 is 2.06 bits per heavy atom. The van der Waals surface area contributed by atoms with Crippen molar-refractivity contribution < 1.29 is 38.1 Å². The van der Waals surface area contributed by atoms with E-state index in [-0.39, 0.29) is 18.8 Å². The molecule has 0 unspecified atom stereocenters. The van der Waals surface area contributed by atoms with Gasteiger partial charge in [-0.25, -0.2) is 19.2 Å². The molecular formula is C22H32N2O8S. The molecule has 1 aromatic rings. The molecule has 0 saturated heterocycles. The summed E-state index contributed by atoms with van der Waals surface area (Å²) in [5.74, 6) is -0.693. The average molecular weight is 485 g/mol. The molecule has 184 valence electrons. The summed E-state index contributed by atoms with van der Waals surface area (Å²) in [4.78, 5) is 48.1. The Hall–Kier alpha value is -2.95. The fraction of sp³-hybridized carbons (Fsp3) is 0.545. The molecule has 0 radical (unpaired) electrons. The molecule has 0 aliphatic heterocycles. The van der Waals surface area contributed by atoms with Crippen LogP contribution in [0.15, 0.2) is 30.3 Å². The van der Waals surface area contributed by atoms with Crippen LogP contribution < -0.4 is 10.6 Å². The Bertz CT molecular complexity index is 782. The van der Waals surface area contributed by atoms with Crippen molar-refractivity contribution in [3.63, 3.8) is 0 Å². The molecule has 2 atom stereocenters. The van der Waals surface area contributed by atoms with Crippen LogP contribution in [-0.4, -0.2) is 67.5 Å². The molecule has 0 spiro atoms. The van der Waals surface area contributed by atoms with Gasteiger partial charge in [-0.05, 0) is 38.5 Å². The number of alkyl carbamates (subject to hydrolysis) is 2. The fourth-order valence-electron chi connectivity index (χ4n) is 2.46. The highest BCUT2D eigenvalue weighted by atomic mass is 32.2. The normalized spacial score (nSPS) is 12.6. The number of benzene rings is 1. The molecule has 0 aromatic heterocycles. The van der Waals surface area contributed by atoms with Crippen molar-refractivity contribution in [2.24, 2.45) is 0 Å². The minimum atomic E-state index is -0.946. The highest BCUT2D eigenvalue weighted by Crippen LogP contribution is 2.12. The van der Waals surface area contributed by atoms with Gasteiger partial charge in [-0.1, -0.05) is 30.3 Å². The summed E-state index contributed by atoms with van der Waals surface area (Å²) in [6, 6.07) is 7.25. The Morgan fingerprint density at radius 1 is 0.909 bits per heavy atom. The number of hydrogen-bond donors (Lipinski definition) is 2. The summed E-state index contributed by atoms with van der Waals surface area (Å²) in [7, 11) is 2.44. The van der Waals surface area contributed by atoms with Gasteiger partial charge in [0.15, 0.2) is 0 Å². The Balaban J connectivity index is 2.53. The predicted molar refractivity (Wildman–Crippen MR) is 123 cm³/mol. The largest absolute Gasteiger partial charge is 0.467 e. The quantitative estimate of drug-likeness (QED) is 0.277. The van der Waals surface area contributed by atoms with Crippen LogP contribution in [-0.2, 0) is 35.1 Å². The number of nitrogens with one attached hydrogen (secondary N) is 2. The van der Waals surface area contributed by atoms with Gasteiger partial charge in [-0.15, -0.1) is 0 Å². The lowest BCUT2D eigenvalue weighted by atomic mass is 10.2. The van der Waals surface area contributed by atoms with Crippen molar-refractivity contribution in [1.29, 1.82) is 0 Å². The first-order valence-electron chi connectivity index (χ1n) is 10.3. The number of amides is 2. The lowest BCUT2D eigenvalue weighted by Crippen LogP contribution is -2.45. The van der Waals surface area contributed by atoms with Gasteiger partial charge >= 0.3 is 24.1 Å². The van der Waals surface area contributed by atoms with Crippen LogP contribution in [0, 0.1) is 0 Å². The van der Waals surface area contributed by atoms with Crippen molar-refractivity contribution >= 4 is 35.9 Å². The second-order valence-corrected chi connectivity index (χ2v) is 9.02. The Kier molecular flexibility index (Phi) is 12.1. The zero-order chi connectivity index (χ0) is 24.9. The Morgan fingerprint density at radius 2 is 1.48 bits per heavy atom. The molecular weight excluding hydrogens is 452 g/mol. The lowest BCUT2D eigenvalue weighted by Gasteiger charge is -2.22. The van der Waals surface area contributed by atoms with E-state index in [0.717, 1.165) is 5.56 Å². The monoisotopic (exact) mass is 484 g/mol. The van der Waals surface area contributed by atoms with Crippen LogP contribution in [0.5, 0.6) is 0 Å². The summed E-state index contributed by atoms with van der Waals surface area (Å²) >= 11 is 1.29. The zero-order valence-corrected chi connectivity index (χ0v) is 20.4. The first-order chi connectivity index (χ1) is 15.6. The van der Waals surface area contributed by atoms with E-state index in [0.29, 0.717) is 5.75 Å². The third-order valence-electron chi connectivity index (χ3n) is 4.00. The molecule has 1 rings (SSSR count). The van der Waals surface area contributed by atoms with Gasteiger partial charge < -0.3 is 29.6 Å². The number of thioether (sulfide) groups is 1. The molecule has 0 fully saturated rings. The number of rotatable bonds is 11. The molecule has 33 heavy (non-hydrogen) atoms. The smallest absolute Gasteiger partial charge is 0.408 e. The van der Waals surface area contributed by atoms with E-state index in [9.17, 15) is 19.2 Å². The van der Waals surface area contributed by atoms with Gasteiger partial charge in [0.2, 0.25) is 0 Å². The van der Waals surface area contributed by atoms with Crippen LogP contribution >= 0.6 is 11.8 Å². The van der Waals surface area contributed by atoms with Crippen molar-refractivity contribution in [3.8, 4) is 0 Å². The van der Waals surface area contributed by atoms with Crippen molar-refractivity contribution in [1.82, 2.24) is 10.6 Å². The minimum Gasteiger partial charge on any atom is -0.467 e. The summed E-state index contributed by atoms with van der Waals surface area (Å²) in [5, 5.41) is 4.96. The molecule has 0 aliphatic carbocycles. The van der Waals surface area contributed by atoms with Gasteiger partial charge in [0.25, 0.3) is 0 Å². The SMILES string of the molecule is COC(=O)[C@H](CSCC[C@H](NC(=O)OC(C)(C)C)C(=O)OC)NC(=O)OCc1ccccc1. The number of methoxy groups -OCH3 is 2. The van der Waals surface area contributed by atoms with E-state index in [1.54, 1.807) is 20.8 Å². The molecule has 0 heterocycles. The molecule has 0 saturated carbocycles. The first kappa shape index (κ1) is 28.1. The molecule has 0 bridgehead atoms. The van der Waals surface area contributed by atoms with Crippen LogP contribution in [0.1, 0.15) is 32.8 Å². The second-order valence-electron chi connectivity index (χ2n) is 7.87. The highest BCUT2D eigenvalue weighted by Gasteiger charge is 2.26. The molecule has 10 nitrogen and oxygen atoms in total. The topological polar surface area (TPSA) is 129 Å². The van der Waals surface area contributed by atoms with Crippen LogP contribution in [0.3, 0.4) is 0 Å². The third-order valence-corrected chi connectivity index (χ3v) is 5.10. The standard InChI is InChI=1S/C22H32N2O8S/c1-22(2,3)32-21(28)23-16(18(25)29-4)11-12-33-14-17(19(26)30-5)24-20(27)31-13-15-9-7-6-8-10-15/h6-10,16-17H,11-14H2,1-5H3,(H,23,28)(H,24,27)/t16-,17-/m0/s1. The van der Waals surface area contributed by atoms with E-state index in [1.165, 1.54) is 26.0 Å². The van der Waals surface area contributed by atoms with E-state index < -0.39 is 41.8 Å². The predicted octanol–water partition coefficient (Wildman–Crippen LogP) is 2.64. The van der Waals surface area contributed by atoms with Crippen molar-refractivity contribution in [2.45, 2.75) is 51.5 Å². The maximum absolute atomic E-state index is 12.1. The minimum absolute atomic E-state index is 0.0604. The third kappa shape index (κ3) is 12.0. The van der Waals surface area contributed by atoms with Crippen molar-refractivity contribution in [2.75, 3.05) is 25.7 Å². The maximum atomic E-state index is 12.1. The molecule has 0 aliphatic rings. The van der Waals surface area contributed by atoms with Crippen molar-refractivity contribution in [3.05, 3.63) is 35.9 Å². The van der Waals surface area contributed by atoms with Gasteiger partial charge in [0.1, 0.15) is 24.3 Å². The van der Waals surface area contributed by atoms with Gasteiger partial charge in [-0.3, -0.25) is 0 Å². The zero-order valence-electron chi connectivity index (χ0n) is 19.5. The summed E-state index contributed by atoms with van der Waals surface area (Å²) < 4.78 is 19.8. The van der Waals surface area contributed by atoms with Crippen LogP contribution in [0.4, 0.5) is 9.59 Å². The van der Waals surface area contributed by atoms with E-state index >= 15 is 0 Å². The maximum Gasteiger partial charge on any atom is 0.408 e. The highest BCUT2D eigenvalue weighted by molar-refractivity contribution is 7.99. The van der Waals surface area contributed by atoms with Gasteiger partial charge in [0, 0.05) is 5.75 Å². The van der Waals surface area contributed by atoms with E-state index in [4.69, 9.17) is 18.9 Å². The number of carbonyl (C=O) groups excluding carboxylic acids is 4. The summed E-state index contributed by atoms with van der Waals surface area (Å²) in [6.07, 6.45) is -1.27. The number of esters is 2. The first-order valence-corrected chi connectivity index (χ1v) is 11.4. The van der Waals surface area contributed by atoms with Crippen LogP contribution in [0.2, 0.25) is 0 Å². The van der Waals surface area contributed by atoms with Gasteiger partial charge in [-0.2, -0.15) is 11.8 Å². The molecule has 11 heteroatoms. The van der Waals surface area contributed by atoms with E-state index in [2.05, 4.69) is 10.6 Å². The molecule has 2 amide bonds. The summed E-state index contributed by atoms with van der Waals surface area (Å²) in [5.41, 5.74) is 0.0941. The second kappa shape index (κ2) is 14.2. The molecule has 1 aromatic carbocycles. The van der Waals surface area contributed by atoms with Crippen LogP contribution in [0.25, 0.3) is 0 Å². The fourth-order valence-corrected chi connectivity index (χ4v) is 3.49. The van der Waals surface area contributed by atoms with Gasteiger partial charge in [0.05, 0.1) is 14.2 Å². The number of ether oxygens (including phenoxy) is 4. The number of hydrogen-bond acceptors (Lipinski definition) is 9. The molecule has 2 N–H and O–H groups in total.